The number of carbonyl (C=O) groups is 1. The molecule has 0 bridgehead atoms. The minimum atomic E-state index is -0.124. The first kappa shape index (κ1) is 16.2. The smallest absolute Gasteiger partial charge is 0.315 e. The molecule has 132 valence electrons. The van der Waals surface area contributed by atoms with E-state index >= 15 is 0 Å². The van der Waals surface area contributed by atoms with Gasteiger partial charge in [-0.05, 0) is 31.1 Å². The summed E-state index contributed by atoms with van der Waals surface area (Å²) in [6.45, 7) is 2.07. The van der Waals surface area contributed by atoms with Crippen LogP contribution in [-0.2, 0) is 4.74 Å². The lowest BCUT2D eigenvalue weighted by atomic mass is 9.98. The minimum Gasteiger partial charge on any atom is -0.493 e. The van der Waals surface area contributed by atoms with E-state index in [2.05, 4.69) is 34.9 Å². The summed E-state index contributed by atoms with van der Waals surface area (Å²) in [5.74, 6) is 0.905. The molecular formula is C20H24N2O3. The fraction of sp³-hybridized carbons (Fsp3) is 0.450. The average Bonchev–Trinajstić information content (AvgIpc) is 2.85. The van der Waals surface area contributed by atoms with Gasteiger partial charge >= 0.3 is 6.03 Å². The summed E-state index contributed by atoms with van der Waals surface area (Å²) in [5, 5.41) is 8.44. The molecule has 2 aromatic rings. The quantitative estimate of drug-likeness (QED) is 0.879. The van der Waals surface area contributed by atoms with E-state index < -0.39 is 0 Å². The highest BCUT2D eigenvalue weighted by Gasteiger charge is 2.24. The third-order valence-corrected chi connectivity index (χ3v) is 4.97. The van der Waals surface area contributed by atoms with E-state index in [0.717, 1.165) is 54.4 Å². The van der Waals surface area contributed by atoms with Crippen molar-refractivity contribution in [3.8, 4) is 5.75 Å². The van der Waals surface area contributed by atoms with Crippen LogP contribution in [0.3, 0.4) is 0 Å². The Morgan fingerprint density at radius 3 is 2.76 bits per heavy atom. The molecule has 2 amide bonds. The Kier molecular flexibility index (Phi) is 4.74. The van der Waals surface area contributed by atoms with Gasteiger partial charge in [-0.3, -0.25) is 0 Å². The van der Waals surface area contributed by atoms with Crippen molar-refractivity contribution in [3.05, 3.63) is 42.0 Å². The van der Waals surface area contributed by atoms with Gasteiger partial charge in [0, 0.05) is 17.6 Å². The van der Waals surface area contributed by atoms with Crippen LogP contribution in [0.5, 0.6) is 5.75 Å². The van der Waals surface area contributed by atoms with Crippen molar-refractivity contribution in [2.24, 2.45) is 0 Å². The Morgan fingerprint density at radius 2 is 1.88 bits per heavy atom. The van der Waals surface area contributed by atoms with Crippen molar-refractivity contribution in [2.45, 2.75) is 37.8 Å². The van der Waals surface area contributed by atoms with E-state index in [4.69, 9.17) is 9.47 Å². The molecular weight excluding hydrogens is 316 g/mol. The predicted molar refractivity (Wildman–Crippen MR) is 96.9 cm³/mol. The summed E-state index contributed by atoms with van der Waals surface area (Å²) in [6, 6.07) is 12.3. The summed E-state index contributed by atoms with van der Waals surface area (Å²) >= 11 is 0. The number of benzene rings is 2. The van der Waals surface area contributed by atoms with Gasteiger partial charge in [-0.25, -0.2) is 4.79 Å². The van der Waals surface area contributed by atoms with Gasteiger partial charge in [0.2, 0.25) is 0 Å². The number of amides is 2. The maximum absolute atomic E-state index is 12.4. The number of fused-ring (bicyclic) bond motifs is 3. The summed E-state index contributed by atoms with van der Waals surface area (Å²) in [4.78, 5) is 12.4. The molecule has 2 unspecified atom stereocenters. The number of hydrogen-bond acceptors (Lipinski definition) is 3. The van der Waals surface area contributed by atoms with Crippen LogP contribution in [0, 0.1) is 0 Å². The number of hydrogen-bond donors (Lipinski definition) is 2. The first-order valence-corrected chi connectivity index (χ1v) is 9.10. The minimum absolute atomic E-state index is 0.0355. The Hall–Kier alpha value is -2.27. The summed E-state index contributed by atoms with van der Waals surface area (Å²) < 4.78 is 11.5. The Balaban J connectivity index is 1.54. The molecule has 0 saturated carbocycles. The van der Waals surface area contributed by atoms with Crippen LogP contribution in [0.1, 0.15) is 37.3 Å². The first-order chi connectivity index (χ1) is 12.3. The van der Waals surface area contributed by atoms with Gasteiger partial charge in [0.05, 0.1) is 25.3 Å². The second-order valence-electron chi connectivity index (χ2n) is 6.78. The highest BCUT2D eigenvalue weighted by Crippen LogP contribution is 2.37. The molecule has 5 nitrogen and oxygen atoms in total. The van der Waals surface area contributed by atoms with Crippen LogP contribution in [0.4, 0.5) is 4.79 Å². The van der Waals surface area contributed by atoms with Crippen molar-refractivity contribution in [3.63, 3.8) is 0 Å². The summed E-state index contributed by atoms with van der Waals surface area (Å²) in [7, 11) is 0. The molecule has 2 aliphatic rings. The maximum atomic E-state index is 12.4. The average molecular weight is 340 g/mol. The molecule has 2 aromatic carbocycles. The zero-order valence-electron chi connectivity index (χ0n) is 14.3. The van der Waals surface area contributed by atoms with Gasteiger partial charge in [-0.1, -0.05) is 36.4 Å². The molecule has 0 spiro atoms. The Morgan fingerprint density at radius 1 is 1.00 bits per heavy atom. The van der Waals surface area contributed by atoms with Crippen LogP contribution in [0.25, 0.3) is 10.8 Å². The molecule has 1 saturated heterocycles. The van der Waals surface area contributed by atoms with E-state index in [-0.39, 0.29) is 18.1 Å². The molecule has 5 heteroatoms. The van der Waals surface area contributed by atoms with Crippen LogP contribution < -0.4 is 15.4 Å². The van der Waals surface area contributed by atoms with E-state index in [1.54, 1.807) is 0 Å². The third-order valence-electron chi connectivity index (χ3n) is 4.97. The summed E-state index contributed by atoms with van der Waals surface area (Å²) in [6.07, 6.45) is 3.76. The SMILES string of the molecule is O=C(NC1CCCOC1)NC1CCCOc2c1ccc1ccccc21. The van der Waals surface area contributed by atoms with E-state index in [1.165, 1.54) is 0 Å². The van der Waals surface area contributed by atoms with Crippen LogP contribution in [0.15, 0.2) is 36.4 Å². The van der Waals surface area contributed by atoms with E-state index in [0.29, 0.717) is 13.2 Å². The number of nitrogens with one attached hydrogen (secondary N) is 2. The topological polar surface area (TPSA) is 59.6 Å². The first-order valence-electron chi connectivity index (χ1n) is 9.10. The molecule has 25 heavy (non-hydrogen) atoms. The van der Waals surface area contributed by atoms with Crippen molar-refractivity contribution in [1.29, 1.82) is 0 Å². The van der Waals surface area contributed by atoms with Gasteiger partial charge in [0.1, 0.15) is 5.75 Å². The monoisotopic (exact) mass is 340 g/mol. The molecule has 0 radical (unpaired) electrons. The number of ether oxygens (including phenoxy) is 2. The molecule has 1 fully saturated rings. The maximum Gasteiger partial charge on any atom is 0.315 e. The molecule has 0 aliphatic carbocycles. The fourth-order valence-corrected chi connectivity index (χ4v) is 3.70. The standard InChI is InChI=1S/C20H24N2O3/c23-20(21-15-6-3-11-24-13-15)22-18-8-4-12-25-19-16-7-2-1-5-14(16)9-10-17(18)19/h1-2,5,7,9-10,15,18H,3-4,6,8,11-13H2,(H2,21,22,23). The zero-order chi connectivity index (χ0) is 17.1. The van der Waals surface area contributed by atoms with Crippen molar-refractivity contribution in [1.82, 2.24) is 10.6 Å². The Bertz CT molecular complexity index is 756. The predicted octanol–water partition coefficient (Wildman–Crippen LogP) is 3.53. The fourth-order valence-electron chi connectivity index (χ4n) is 3.70. The lowest BCUT2D eigenvalue weighted by Gasteiger charge is -2.25. The molecule has 4 rings (SSSR count). The lowest BCUT2D eigenvalue weighted by Crippen LogP contribution is -2.46. The molecule has 2 heterocycles. The van der Waals surface area contributed by atoms with E-state index in [1.807, 2.05) is 12.1 Å². The normalized spacial score (nSPS) is 23.2. The second kappa shape index (κ2) is 7.31. The van der Waals surface area contributed by atoms with Crippen molar-refractivity contribution >= 4 is 16.8 Å². The van der Waals surface area contributed by atoms with Crippen LogP contribution >= 0.6 is 0 Å². The van der Waals surface area contributed by atoms with Gasteiger partial charge in [0.25, 0.3) is 0 Å². The van der Waals surface area contributed by atoms with Crippen LogP contribution in [-0.4, -0.2) is 31.9 Å². The largest absolute Gasteiger partial charge is 0.493 e. The van der Waals surface area contributed by atoms with Crippen molar-refractivity contribution in [2.75, 3.05) is 19.8 Å². The number of rotatable bonds is 2. The zero-order valence-corrected chi connectivity index (χ0v) is 14.3. The molecule has 2 N–H and O–H groups in total. The second-order valence-corrected chi connectivity index (χ2v) is 6.78. The van der Waals surface area contributed by atoms with E-state index in [9.17, 15) is 4.79 Å². The van der Waals surface area contributed by atoms with Gasteiger partial charge in [-0.15, -0.1) is 0 Å². The van der Waals surface area contributed by atoms with Gasteiger partial charge < -0.3 is 20.1 Å². The summed E-state index contributed by atoms with van der Waals surface area (Å²) in [5.41, 5.74) is 1.06. The highest BCUT2D eigenvalue weighted by molar-refractivity contribution is 5.90. The van der Waals surface area contributed by atoms with Gasteiger partial charge in [0.15, 0.2) is 0 Å². The molecule has 2 aliphatic heterocycles. The lowest BCUT2D eigenvalue weighted by molar-refractivity contribution is 0.0730. The molecule has 2 atom stereocenters. The highest BCUT2D eigenvalue weighted by atomic mass is 16.5. The third kappa shape index (κ3) is 3.56. The van der Waals surface area contributed by atoms with Crippen LogP contribution in [0.2, 0.25) is 0 Å². The number of urea groups is 1. The van der Waals surface area contributed by atoms with Crippen molar-refractivity contribution < 1.29 is 14.3 Å². The molecule has 0 aromatic heterocycles. The Labute approximate surface area is 147 Å². The number of carbonyl (C=O) groups excluding carboxylic acids is 1. The van der Waals surface area contributed by atoms with Gasteiger partial charge in [-0.2, -0.15) is 0 Å².